The lowest BCUT2D eigenvalue weighted by molar-refractivity contribution is -0.878. The Hall–Kier alpha value is -3.11. The first-order valence-corrected chi connectivity index (χ1v) is 15.1. The lowest BCUT2D eigenvalue weighted by Crippen LogP contribution is -2.66. The van der Waals surface area contributed by atoms with E-state index in [2.05, 4.69) is 34.3 Å². The number of carbonyl (C=O) groups excluding carboxylic acids is 2. The molecule has 5 rings (SSSR count). The van der Waals surface area contributed by atoms with Gasteiger partial charge in [-0.2, -0.15) is 4.99 Å². The molecule has 40 heavy (non-hydrogen) atoms. The molecule has 0 atom stereocenters. The summed E-state index contributed by atoms with van der Waals surface area (Å²) in [7, 11) is 3.54. The molecule has 1 aliphatic carbocycles. The number of hydrogen-bond acceptors (Lipinski definition) is 7. The molecule has 1 aromatic rings. The van der Waals surface area contributed by atoms with Crippen molar-refractivity contribution in [1.82, 2.24) is 20.0 Å². The first-order chi connectivity index (χ1) is 19.4. The predicted octanol–water partition coefficient (Wildman–Crippen LogP) is 3.04. The Bertz CT molecular complexity index is 1170. The van der Waals surface area contributed by atoms with Crippen molar-refractivity contribution in [1.29, 1.82) is 0 Å². The summed E-state index contributed by atoms with van der Waals surface area (Å²) in [6.07, 6.45) is 6.41. The normalized spacial score (nSPS) is 20.8. The van der Waals surface area contributed by atoms with E-state index in [9.17, 15) is 9.59 Å². The zero-order valence-corrected chi connectivity index (χ0v) is 24.7. The summed E-state index contributed by atoms with van der Waals surface area (Å²) < 4.78 is 6.45. The molecular formula is C30H46N7O3+. The maximum Gasteiger partial charge on any atom is 0.309 e. The van der Waals surface area contributed by atoms with Crippen LogP contribution in [0, 0.1) is 0 Å². The van der Waals surface area contributed by atoms with Crippen molar-refractivity contribution in [2.75, 3.05) is 71.8 Å². The number of likely N-dealkylation sites (N-methyl/N-ethyl adjacent to an activating group) is 2. The van der Waals surface area contributed by atoms with E-state index in [0.29, 0.717) is 41.3 Å². The van der Waals surface area contributed by atoms with Crippen LogP contribution in [0.3, 0.4) is 0 Å². The average Bonchev–Trinajstić information content (AvgIpc) is 3.45. The molecule has 2 amide bonds. The molecule has 0 bridgehead atoms. The van der Waals surface area contributed by atoms with E-state index in [1.807, 2.05) is 24.1 Å². The van der Waals surface area contributed by atoms with E-state index in [-0.39, 0.29) is 11.8 Å². The van der Waals surface area contributed by atoms with Gasteiger partial charge in [-0.05, 0) is 44.1 Å². The fourth-order valence-electron chi connectivity index (χ4n) is 6.48. The van der Waals surface area contributed by atoms with Crippen LogP contribution >= 0.6 is 0 Å². The Labute approximate surface area is 238 Å². The van der Waals surface area contributed by atoms with Gasteiger partial charge in [-0.25, -0.2) is 0 Å². The maximum atomic E-state index is 13.0. The second kappa shape index (κ2) is 12.2. The number of carbonyl (C=O) groups is 2. The molecule has 10 nitrogen and oxygen atoms in total. The van der Waals surface area contributed by atoms with Gasteiger partial charge >= 0.3 is 5.96 Å². The van der Waals surface area contributed by atoms with Crippen molar-refractivity contribution in [3.8, 4) is 5.75 Å². The van der Waals surface area contributed by atoms with E-state index >= 15 is 0 Å². The summed E-state index contributed by atoms with van der Waals surface area (Å²) in [6.45, 7) is 11.0. The van der Waals surface area contributed by atoms with E-state index in [4.69, 9.17) is 9.73 Å². The second-order valence-corrected chi connectivity index (χ2v) is 11.5. The van der Waals surface area contributed by atoms with Gasteiger partial charge in [0.1, 0.15) is 18.0 Å². The van der Waals surface area contributed by atoms with Crippen molar-refractivity contribution < 1.29 is 18.8 Å². The molecule has 4 aliphatic rings. The minimum Gasteiger partial charge on any atom is -0.495 e. The molecule has 2 N–H and O–H groups in total. The summed E-state index contributed by atoms with van der Waals surface area (Å²) in [5.41, 5.74) is 2.41. The molecule has 218 valence electrons. The number of nitrogens with one attached hydrogen (secondary N) is 2. The molecule has 3 heterocycles. The minimum absolute atomic E-state index is 0.105. The number of rotatable bonds is 9. The Morgan fingerprint density at radius 3 is 2.58 bits per heavy atom. The SMILES string of the molecule is CCN(CC)CCNC(=O)c1ccc(NC2=NC3=C(C[N+]24CCC4)N(C)C(=O)CCN3C2CCCC2)c(OC)c1. The highest BCUT2D eigenvalue weighted by Crippen LogP contribution is 2.38. The van der Waals surface area contributed by atoms with Crippen molar-refractivity contribution in [2.24, 2.45) is 4.99 Å². The van der Waals surface area contributed by atoms with Crippen molar-refractivity contribution in [3.63, 3.8) is 0 Å². The number of methoxy groups -OCH3 is 1. The van der Waals surface area contributed by atoms with Gasteiger partial charge in [0.05, 0.1) is 25.9 Å². The van der Waals surface area contributed by atoms with Gasteiger partial charge in [0.25, 0.3) is 5.91 Å². The van der Waals surface area contributed by atoms with E-state index in [1.54, 1.807) is 13.2 Å². The van der Waals surface area contributed by atoms with E-state index in [0.717, 1.165) is 81.7 Å². The first kappa shape index (κ1) is 28.4. The van der Waals surface area contributed by atoms with Crippen LogP contribution in [0.5, 0.6) is 5.75 Å². The van der Waals surface area contributed by atoms with Crippen LogP contribution < -0.4 is 15.4 Å². The number of quaternary nitrogens is 1. The molecule has 0 aromatic heterocycles. The van der Waals surface area contributed by atoms with Gasteiger partial charge < -0.3 is 24.8 Å². The van der Waals surface area contributed by atoms with E-state index in [1.165, 1.54) is 12.8 Å². The average molecular weight is 553 g/mol. The van der Waals surface area contributed by atoms with Crippen LogP contribution in [0.25, 0.3) is 0 Å². The van der Waals surface area contributed by atoms with Gasteiger partial charge in [0.15, 0.2) is 5.82 Å². The third-order valence-electron chi connectivity index (χ3n) is 9.25. The summed E-state index contributed by atoms with van der Waals surface area (Å²) in [4.78, 5) is 37.7. The lowest BCUT2D eigenvalue weighted by Gasteiger charge is -2.48. The monoisotopic (exact) mass is 552 g/mol. The molecular weight excluding hydrogens is 506 g/mol. The van der Waals surface area contributed by atoms with Crippen molar-refractivity contribution in [3.05, 3.63) is 35.3 Å². The fourth-order valence-corrected chi connectivity index (χ4v) is 6.48. The van der Waals surface area contributed by atoms with Gasteiger partial charge in [-0.15, -0.1) is 0 Å². The number of guanidine groups is 1. The third-order valence-corrected chi connectivity index (χ3v) is 9.25. The zero-order chi connectivity index (χ0) is 28.3. The highest BCUT2D eigenvalue weighted by atomic mass is 16.5. The minimum atomic E-state index is -0.105. The van der Waals surface area contributed by atoms with Crippen LogP contribution in [-0.2, 0) is 4.79 Å². The molecule has 0 radical (unpaired) electrons. The molecule has 2 fully saturated rings. The molecule has 1 saturated carbocycles. The van der Waals surface area contributed by atoms with Gasteiger partial charge in [0.2, 0.25) is 5.91 Å². The van der Waals surface area contributed by atoms with Crippen LogP contribution in [-0.4, -0.2) is 110 Å². The standard InChI is InChI=1S/C30H45N7O3/c1-5-35(6-2)17-15-31-29(39)22-12-13-24(26(20-22)40-4)32-30-33-28-25(21-37(30)18-9-19-37)34(3)27(38)14-16-36(28)23-10-7-8-11-23/h12-13,20,23H,5-11,14-19,21H2,1-4H3,(H-,31,32,33,39)/p+1. The van der Waals surface area contributed by atoms with Gasteiger partial charge in [-0.3, -0.25) is 19.4 Å². The number of benzene rings is 1. The Balaban J connectivity index is 1.40. The maximum absolute atomic E-state index is 13.0. The number of amides is 2. The molecule has 10 heteroatoms. The number of hydrogen-bond donors (Lipinski definition) is 2. The predicted molar refractivity (Wildman–Crippen MR) is 157 cm³/mol. The summed E-state index contributed by atoms with van der Waals surface area (Å²) in [5.74, 6) is 2.52. The number of ether oxygens (including phenoxy) is 1. The van der Waals surface area contributed by atoms with Crippen LogP contribution in [0.15, 0.2) is 34.7 Å². The molecule has 3 aliphatic heterocycles. The number of aliphatic imine (C=N–C) groups is 1. The largest absolute Gasteiger partial charge is 0.495 e. The number of nitrogens with zero attached hydrogens (tertiary/aromatic N) is 5. The quantitative estimate of drug-likeness (QED) is 0.458. The van der Waals surface area contributed by atoms with Crippen LogP contribution in [0.4, 0.5) is 5.69 Å². The second-order valence-electron chi connectivity index (χ2n) is 11.5. The molecule has 1 saturated heterocycles. The topological polar surface area (TPSA) is 89.5 Å². The summed E-state index contributed by atoms with van der Waals surface area (Å²) in [5, 5.41) is 6.65. The highest BCUT2D eigenvalue weighted by molar-refractivity contribution is 5.97. The van der Waals surface area contributed by atoms with Crippen molar-refractivity contribution >= 4 is 23.5 Å². The van der Waals surface area contributed by atoms with Crippen molar-refractivity contribution in [2.45, 2.75) is 58.4 Å². The van der Waals surface area contributed by atoms with Gasteiger partial charge in [0, 0.05) is 51.1 Å². The summed E-state index contributed by atoms with van der Waals surface area (Å²) >= 11 is 0. The molecule has 1 spiro atoms. The van der Waals surface area contributed by atoms with Gasteiger partial charge in [-0.1, -0.05) is 26.7 Å². The zero-order valence-electron chi connectivity index (χ0n) is 24.7. The smallest absolute Gasteiger partial charge is 0.309 e. The Morgan fingerprint density at radius 2 is 1.93 bits per heavy atom. The number of anilines is 1. The van der Waals surface area contributed by atoms with E-state index < -0.39 is 0 Å². The van der Waals surface area contributed by atoms with Crippen LogP contribution in [0.2, 0.25) is 0 Å². The molecule has 0 unspecified atom stereocenters. The molecule has 1 aromatic carbocycles. The van der Waals surface area contributed by atoms with Crippen LogP contribution in [0.1, 0.15) is 62.7 Å². The third kappa shape index (κ3) is 5.56. The fraction of sp³-hybridized carbons (Fsp3) is 0.633. The first-order valence-electron chi connectivity index (χ1n) is 15.1. The summed E-state index contributed by atoms with van der Waals surface area (Å²) in [6, 6.07) is 5.99. The lowest BCUT2D eigenvalue weighted by atomic mass is 10.1. The Kier molecular flexibility index (Phi) is 8.65. The highest BCUT2D eigenvalue weighted by Gasteiger charge is 2.49. The Morgan fingerprint density at radius 1 is 1.18 bits per heavy atom.